The highest BCUT2D eigenvalue weighted by molar-refractivity contribution is 5.58. The van der Waals surface area contributed by atoms with E-state index in [1.165, 1.54) is 5.57 Å². The molecule has 0 saturated heterocycles. The molecule has 1 unspecified atom stereocenters. The molecule has 1 aromatic rings. The molecule has 0 fully saturated rings. The number of benzene rings is 1. The van der Waals surface area contributed by atoms with Gasteiger partial charge >= 0.3 is 0 Å². The van der Waals surface area contributed by atoms with Crippen LogP contribution >= 0.6 is 0 Å². The van der Waals surface area contributed by atoms with Crippen molar-refractivity contribution in [1.82, 2.24) is 5.32 Å². The number of rotatable bonds is 4. The lowest BCUT2D eigenvalue weighted by atomic mass is 10.1. The topological polar surface area (TPSA) is 41.5 Å². The molecule has 0 heterocycles. The van der Waals surface area contributed by atoms with E-state index in [9.17, 15) is 5.11 Å². The monoisotopic (exact) mass is 221 g/mol. The standard InChI is InChI=1S/C13H19NO2/c1-9(10(2)14-3)7-11-5-6-13(16-4)12(15)8-11/h5-8,10,14-15H,1-4H3/b9-7+. The van der Waals surface area contributed by atoms with Crippen molar-refractivity contribution >= 4 is 6.08 Å². The normalized spacial score (nSPS) is 13.6. The number of hydrogen-bond acceptors (Lipinski definition) is 3. The van der Waals surface area contributed by atoms with Gasteiger partial charge in [0, 0.05) is 6.04 Å². The molecule has 1 rings (SSSR count). The van der Waals surface area contributed by atoms with Gasteiger partial charge in [0.1, 0.15) is 0 Å². The average molecular weight is 221 g/mol. The summed E-state index contributed by atoms with van der Waals surface area (Å²) in [7, 11) is 3.46. The molecule has 0 spiro atoms. The zero-order chi connectivity index (χ0) is 12.1. The van der Waals surface area contributed by atoms with Gasteiger partial charge in [-0.05, 0) is 38.6 Å². The van der Waals surface area contributed by atoms with E-state index < -0.39 is 0 Å². The van der Waals surface area contributed by atoms with Gasteiger partial charge in [0.05, 0.1) is 7.11 Å². The number of aromatic hydroxyl groups is 1. The molecule has 0 aliphatic carbocycles. The molecule has 16 heavy (non-hydrogen) atoms. The molecule has 88 valence electrons. The first-order chi connectivity index (χ1) is 7.58. The predicted molar refractivity (Wildman–Crippen MR) is 66.8 cm³/mol. The van der Waals surface area contributed by atoms with Crippen molar-refractivity contribution in [2.75, 3.05) is 14.2 Å². The Labute approximate surface area is 96.8 Å². The van der Waals surface area contributed by atoms with Crippen molar-refractivity contribution < 1.29 is 9.84 Å². The maximum absolute atomic E-state index is 9.63. The average Bonchev–Trinajstić information content (AvgIpc) is 2.28. The van der Waals surface area contributed by atoms with Crippen LogP contribution in [-0.4, -0.2) is 25.3 Å². The van der Waals surface area contributed by atoms with E-state index in [4.69, 9.17) is 4.74 Å². The molecule has 0 radical (unpaired) electrons. The highest BCUT2D eigenvalue weighted by Gasteiger charge is 2.03. The largest absolute Gasteiger partial charge is 0.504 e. The first-order valence-corrected chi connectivity index (χ1v) is 5.31. The van der Waals surface area contributed by atoms with Crippen LogP contribution in [0.2, 0.25) is 0 Å². The van der Waals surface area contributed by atoms with Crippen molar-refractivity contribution in [2.24, 2.45) is 0 Å². The Bertz CT molecular complexity index is 386. The first kappa shape index (κ1) is 12.6. The van der Waals surface area contributed by atoms with Crippen LogP contribution in [0.5, 0.6) is 11.5 Å². The molecule has 1 aromatic carbocycles. The summed E-state index contributed by atoms with van der Waals surface area (Å²) < 4.78 is 4.99. The molecule has 3 heteroatoms. The van der Waals surface area contributed by atoms with Gasteiger partial charge in [-0.2, -0.15) is 0 Å². The predicted octanol–water partition coefficient (Wildman–Crippen LogP) is 2.41. The minimum atomic E-state index is 0.168. The lowest BCUT2D eigenvalue weighted by molar-refractivity contribution is 0.373. The number of likely N-dealkylation sites (N-methyl/N-ethyl adjacent to an activating group) is 1. The van der Waals surface area contributed by atoms with E-state index >= 15 is 0 Å². The third-order valence-corrected chi connectivity index (χ3v) is 2.71. The number of ether oxygens (including phenoxy) is 1. The Balaban J connectivity index is 2.94. The highest BCUT2D eigenvalue weighted by atomic mass is 16.5. The molecule has 1 atom stereocenters. The Morgan fingerprint density at radius 3 is 2.69 bits per heavy atom. The zero-order valence-corrected chi connectivity index (χ0v) is 10.2. The fourth-order valence-corrected chi connectivity index (χ4v) is 1.41. The Hall–Kier alpha value is -1.48. The van der Waals surface area contributed by atoms with Gasteiger partial charge < -0.3 is 15.2 Å². The van der Waals surface area contributed by atoms with Gasteiger partial charge in [-0.15, -0.1) is 0 Å². The molecule has 2 N–H and O–H groups in total. The number of phenolic OH excluding ortho intramolecular Hbond substituents is 1. The van der Waals surface area contributed by atoms with Gasteiger partial charge in [-0.3, -0.25) is 0 Å². The van der Waals surface area contributed by atoms with Crippen LogP contribution < -0.4 is 10.1 Å². The van der Waals surface area contributed by atoms with Crippen LogP contribution in [0.3, 0.4) is 0 Å². The number of methoxy groups -OCH3 is 1. The summed E-state index contributed by atoms with van der Waals surface area (Å²) in [5, 5.41) is 12.8. The van der Waals surface area contributed by atoms with E-state index in [1.807, 2.05) is 19.2 Å². The van der Waals surface area contributed by atoms with Crippen LogP contribution in [0.1, 0.15) is 19.4 Å². The van der Waals surface area contributed by atoms with Gasteiger partial charge in [-0.1, -0.05) is 17.7 Å². The molecule has 0 amide bonds. The maximum Gasteiger partial charge on any atom is 0.160 e. The summed E-state index contributed by atoms with van der Waals surface area (Å²) in [5.74, 6) is 0.664. The van der Waals surface area contributed by atoms with E-state index in [-0.39, 0.29) is 5.75 Å². The maximum atomic E-state index is 9.63. The lowest BCUT2D eigenvalue weighted by Crippen LogP contribution is -2.21. The van der Waals surface area contributed by atoms with E-state index in [0.717, 1.165) is 5.56 Å². The summed E-state index contributed by atoms with van der Waals surface area (Å²) in [4.78, 5) is 0. The van der Waals surface area contributed by atoms with Crippen LogP contribution in [0, 0.1) is 0 Å². The smallest absolute Gasteiger partial charge is 0.160 e. The van der Waals surface area contributed by atoms with E-state index in [0.29, 0.717) is 11.8 Å². The van der Waals surface area contributed by atoms with E-state index in [1.54, 1.807) is 19.2 Å². The Kier molecular flexibility index (Phi) is 4.38. The minimum absolute atomic E-state index is 0.168. The van der Waals surface area contributed by atoms with Crippen LogP contribution in [0.4, 0.5) is 0 Å². The van der Waals surface area contributed by atoms with Gasteiger partial charge in [0.15, 0.2) is 11.5 Å². The van der Waals surface area contributed by atoms with Crippen molar-refractivity contribution in [1.29, 1.82) is 0 Å². The van der Waals surface area contributed by atoms with Gasteiger partial charge in [0.25, 0.3) is 0 Å². The second-order valence-electron chi connectivity index (χ2n) is 3.83. The Morgan fingerprint density at radius 1 is 1.50 bits per heavy atom. The molecule has 0 aromatic heterocycles. The second kappa shape index (κ2) is 5.56. The first-order valence-electron chi connectivity index (χ1n) is 5.31. The zero-order valence-electron chi connectivity index (χ0n) is 10.2. The summed E-state index contributed by atoms with van der Waals surface area (Å²) in [5.41, 5.74) is 2.19. The van der Waals surface area contributed by atoms with Crippen LogP contribution in [-0.2, 0) is 0 Å². The Morgan fingerprint density at radius 2 is 2.19 bits per heavy atom. The van der Waals surface area contributed by atoms with Crippen molar-refractivity contribution in [2.45, 2.75) is 19.9 Å². The fourth-order valence-electron chi connectivity index (χ4n) is 1.41. The van der Waals surface area contributed by atoms with Gasteiger partial charge in [-0.25, -0.2) is 0 Å². The third kappa shape index (κ3) is 3.00. The fraction of sp³-hybridized carbons (Fsp3) is 0.385. The minimum Gasteiger partial charge on any atom is -0.504 e. The molecule has 0 saturated carbocycles. The van der Waals surface area contributed by atoms with Crippen molar-refractivity contribution in [3.63, 3.8) is 0 Å². The number of nitrogens with one attached hydrogen (secondary N) is 1. The van der Waals surface area contributed by atoms with Crippen molar-refractivity contribution in [3.8, 4) is 11.5 Å². The highest BCUT2D eigenvalue weighted by Crippen LogP contribution is 2.27. The quantitative estimate of drug-likeness (QED) is 0.820. The van der Waals surface area contributed by atoms with E-state index in [2.05, 4.69) is 19.2 Å². The molecule has 3 nitrogen and oxygen atoms in total. The molecule has 0 aliphatic rings. The third-order valence-electron chi connectivity index (χ3n) is 2.71. The number of hydrogen-bond donors (Lipinski definition) is 2. The van der Waals surface area contributed by atoms with Crippen LogP contribution in [0.15, 0.2) is 23.8 Å². The van der Waals surface area contributed by atoms with Crippen molar-refractivity contribution in [3.05, 3.63) is 29.3 Å². The molecular weight excluding hydrogens is 202 g/mol. The summed E-state index contributed by atoms with van der Waals surface area (Å²) in [6.07, 6.45) is 2.04. The number of phenols is 1. The summed E-state index contributed by atoms with van der Waals surface area (Å²) >= 11 is 0. The van der Waals surface area contributed by atoms with Crippen LogP contribution in [0.25, 0.3) is 6.08 Å². The summed E-state index contributed by atoms with van der Waals surface area (Å²) in [6, 6.07) is 5.71. The van der Waals surface area contributed by atoms with Gasteiger partial charge in [0.2, 0.25) is 0 Å². The molecule has 0 aliphatic heterocycles. The SMILES string of the molecule is CNC(C)/C(C)=C/c1ccc(OC)c(O)c1. The molecular formula is C13H19NO2. The summed E-state index contributed by atoms with van der Waals surface area (Å²) in [6.45, 7) is 4.15. The lowest BCUT2D eigenvalue weighted by Gasteiger charge is -2.11. The molecule has 0 bridgehead atoms. The second-order valence-corrected chi connectivity index (χ2v) is 3.83.